The Labute approximate surface area is 183 Å². The number of aromatic nitrogens is 1. The Balaban J connectivity index is 1.37. The van der Waals surface area contributed by atoms with Crippen LogP contribution in [0.2, 0.25) is 0 Å². The highest BCUT2D eigenvalue weighted by atomic mass is 32.2. The highest BCUT2D eigenvalue weighted by Crippen LogP contribution is 2.25. The van der Waals surface area contributed by atoms with Gasteiger partial charge in [0.25, 0.3) is 0 Å². The first kappa shape index (κ1) is 20.5. The van der Waals surface area contributed by atoms with Crippen molar-refractivity contribution in [1.29, 1.82) is 0 Å². The van der Waals surface area contributed by atoms with E-state index in [0.717, 1.165) is 35.9 Å². The molecule has 0 unspecified atom stereocenters. The number of hydrogen-bond donors (Lipinski definition) is 1. The van der Waals surface area contributed by atoms with Crippen LogP contribution in [0.1, 0.15) is 29.2 Å². The number of nitrogens with zero attached hydrogens (tertiary/aromatic N) is 1. The molecule has 0 spiro atoms. The van der Waals surface area contributed by atoms with E-state index < -0.39 is 0 Å². The fraction of sp³-hybridized carbons (Fsp3) is 0.269. The average Bonchev–Trinajstić information content (AvgIpc) is 3.29. The maximum atomic E-state index is 6.01. The number of hydrogen-bond acceptors (Lipinski definition) is 4. The van der Waals surface area contributed by atoms with Gasteiger partial charge in [-0.3, -0.25) is 4.98 Å². The lowest BCUT2D eigenvalue weighted by Crippen LogP contribution is -2.04. The third kappa shape index (κ3) is 5.06. The third-order valence-corrected chi connectivity index (χ3v) is 6.34. The second kappa shape index (κ2) is 9.86. The molecule has 4 rings (SSSR count). The van der Waals surface area contributed by atoms with Gasteiger partial charge in [0.15, 0.2) is 0 Å². The summed E-state index contributed by atoms with van der Waals surface area (Å²) in [7, 11) is 0. The number of benzene rings is 2. The van der Waals surface area contributed by atoms with Gasteiger partial charge in [0.05, 0.1) is 18.2 Å². The van der Waals surface area contributed by atoms with Gasteiger partial charge in [-0.25, -0.2) is 0 Å². The lowest BCUT2D eigenvalue weighted by Gasteiger charge is -2.12. The molecule has 0 aliphatic carbocycles. The minimum atomic E-state index is 0.658. The summed E-state index contributed by atoms with van der Waals surface area (Å²) in [5.41, 5.74) is 8.59. The van der Waals surface area contributed by atoms with E-state index in [9.17, 15) is 0 Å². The van der Waals surface area contributed by atoms with Crippen LogP contribution in [0.5, 0.6) is 5.75 Å². The molecule has 0 saturated carbocycles. The summed E-state index contributed by atoms with van der Waals surface area (Å²) in [6, 6.07) is 19.1. The number of aryl methyl sites for hydroxylation is 1. The van der Waals surface area contributed by atoms with Crippen LogP contribution in [-0.4, -0.2) is 23.2 Å². The highest BCUT2D eigenvalue weighted by molar-refractivity contribution is 7.99. The van der Waals surface area contributed by atoms with Gasteiger partial charge >= 0.3 is 0 Å². The zero-order valence-electron chi connectivity index (χ0n) is 17.7. The Morgan fingerprint density at radius 1 is 1.10 bits per heavy atom. The first-order valence-corrected chi connectivity index (χ1v) is 11.7. The van der Waals surface area contributed by atoms with Gasteiger partial charge in [0.2, 0.25) is 0 Å². The SMILES string of the molecule is CCc1ccc(-c2cccc(CCOc3ccc(/C=C4\CSCN4)cc3)c2C)nc1. The van der Waals surface area contributed by atoms with Gasteiger partial charge in [-0.05, 0) is 59.9 Å². The molecule has 3 nitrogen and oxygen atoms in total. The minimum Gasteiger partial charge on any atom is -0.493 e. The van der Waals surface area contributed by atoms with E-state index in [1.807, 2.05) is 18.0 Å². The summed E-state index contributed by atoms with van der Waals surface area (Å²) in [6.07, 6.45) is 6.07. The first-order valence-electron chi connectivity index (χ1n) is 10.5. The van der Waals surface area contributed by atoms with Crippen LogP contribution in [0, 0.1) is 6.92 Å². The molecule has 1 aromatic heterocycles. The molecule has 0 radical (unpaired) electrons. The Hall–Kier alpha value is -2.72. The lowest BCUT2D eigenvalue weighted by molar-refractivity contribution is 0.321. The highest BCUT2D eigenvalue weighted by Gasteiger charge is 2.08. The number of ether oxygens (including phenoxy) is 1. The molecule has 3 aromatic rings. The van der Waals surface area contributed by atoms with Crippen LogP contribution in [0.25, 0.3) is 17.3 Å². The molecule has 1 saturated heterocycles. The molecule has 1 N–H and O–H groups in total. The van der Waals surface area contributed by atoms with Crippen molar-refractivity contribution in [3.05, 3.63) is 88.7 Å². The molecular formula is C26H28N2OS. The molecular weight excluding hydrogens is 388 g/mol. The predicted molar refractivity (Wildman–Crippen MR) is 128 cm³/mol. The Kier molecular flexibility index (Phi) is 6.75. The van der Waals surface area contributed by atoms with Crippen molar-refractivity contribution in [2.24, 2.45) is 0 Å². The molecule has 1 aliphatic heterocycles. The second-order valence-electron chi connectivity index (χ2n) is 7.50. The average molecular weight is 417 g/mol. The number of pyridine rings is 1. The van der Waals surface area contributed by atoms with Crippen molar-refractivity contribution in [3.8, 4) is 17.0 Å². The Morgan fingerprint density at radius 3 is 2.67 bits per heavy atom. The maximum Gasteiger partial charge on any atom is 0.119 e. The summed E-state index contributed by atoms with van der Waals surface area (Å²) >= 11 is 1.91. The van der Waals surface area contributed by atoms with Crippen molar-refractivity contribution >= 4 is 17.8 Å². The third-order valence-electron chi connectivity index (χ3n) is 5.47. The summed E-state index contributed by atoms with van der Waals surface area (Å²) in [5.74, 6) is 2.99. The van der Waals surface area contributed by atoms with E-state index in [1.165, 1.54) is 33.5 Å². The van der Waals surface area contributed by atoms with Crippen molar-refractivity contribution in [2.75, 3.05) is 18.2 Å². The first-order chi connectivity index (χ1) is 14.7. The monoisotopic (exact) mass is 416 g/mol. The molecule has 0 bridgehead atoms. The summed E-state index contributed by atoms with van der Waals surface area (Å²) in [4.78, 5) is 4.65. The summed E-state index contributed by atoms with van der Waals surface area (Å²) in [6.45, 7) is 4.99. The van der Waals surface area contributed by atoms with E-state index >= 15 is 0 Å². The fourth-order valence-corrected chi connectivity index (χ4v) is 4.41. The van der Waals surface area contributed by atoms with Gasteiger partial charge in [-0.15, -0.1) is 11.8 Å². The van der Waals surface area contributed by atoms with Crippen LogP contribution < -0.4 is 10.1 Å². The van der Waals surface area contributed by atoms with Gasteiger partial charge in [0.1, 0.15) is 5.75 Å². The van der Waals surface area contributed by atoms with E-state index in [2.05, 4.69) is 84.8 Å². The fourth-order valence-electron chi connectivity index (χ4n) is 3.61. The second-order valence-corrected chi connectivity index (χ2v) is 8.49. The van der Waals surface area contributed by atoms with Crippen molar-refractivity contribution in [1.82, 2.24) is 10.3 Å². The Morgan fingerprint density at radius 2 is 1.97 bits per heavy atom. The maximum absolute atomic E-state index is 6.01. The zero-order chi connectivity index (χ0) is 20.8. The molecule has 154 valence electrons. The summed E-state index contributed by atoms with van der Waals surface area (Å²) in [5, 5.41) is 3.39. The van der Waals surface area contributed by atoms with E-state index in [-0.39, 0.29) is 0 Å². The van der Waals surface area contributed by atoms with Crippen molar-refractivity contribution < 1.29 is 4.74 Å². The smallest absolute Gasteiger partial charge is 0.119 e. The number of nitrogens with one attached hydrogen (secondary N) is 1. The lowest BCUT2D eigenvalue weighted by atomic mass is 9.97. The van der Waals surface area contributed by atoms with Crippen LogP contribution in [0.4, 0.5) is 0 Å². The minimum absolute atomic E-state index is 0.658. The van der Waals surface area contributed by atoms with Crippen LogP contribution in [-0.2, 0) is 12.8 Å². The molecule has 2 heterocycles. The molecule has 0 atom stereocenters. The van der Waals surface area contributed by atoms with Gasteiger partial charge in [-0.2, -0.15) is 0 Å². The number of thioether (sulfide) groups is 1. The standard InChI is InChI=1S/C26H28N2OS/c1-3-20-9-12-26(27-16-20)25-6-4-5-22(19(25)2)13-14-29-24-10-7-21(8-11-24)15-23-17-30-18-28-23/h4-12,15-16,28H,3,13-14,17-18H2,1-2H3/b23-15+. The molecule has 1 fully saturated rings. The van der Waals surface area contributed by atoms with E-state index in [4.69, 9.17) is 4.74 Å². The van der Waals surface area contributed by atoms with Gasteiger partial charge < -0.3 is 10.1 Å². The van der Waals surface area contributed by atoms with Crippen LogP contribution in [0.3, 0.4) is 0 Å². The van der Waals surface area contributed by atoms with Crippen molar-refractivity contribution in [2.45, 2.75) is 26.7 Å². The normalized spacial score (nSPS) is 14.7. The molecule has 1 aliphatic rings. The Bertz CT molecular complexity index is 1000. The largest absolute Gasteiger partial charge is 0.493 e. The topological polar surface area (TPSA) is 34.1 Å². The summed E-state index contributed by atoms with van der Waals surface area (Å²) < 4.78 is 6.01. The van der Waals surface area contributed by atoms with Crippen LogP contribution in [0.15, 0.2) is 66.5 Å². The molecule has 0 amide bonds. The molecule has 4 heteroatoms. The quantitative estimate of drug-likeness (QED) is 0.522. The number of rotatable bonds is 7. The molecule has 30 heavy (non-hydrogen) atoms. The van der Waals surface area contributed by atoms with E-state index in [0.29, 0.717) is 6.61 Å². The molecule has 2 aromatic carbocycles. The zero-order valence-corrected chi connectivity index (χ0v) is 18.5. The van der Waals surface area contributed by atoms with Gasteiger partial charge in [0, 0.05) is 29.6 Å². The van der Waals surface area contributed by atoms with Crippen molar-refractivity contribution in [3.63, 3.8) is 0 Å². The van der Waals surface area contributed by atoms with Crippen LogP contribution >= 0.6 is 11.8 Å². The van der Waals surface area contributed by atoms with Gasteiger partial charge in [-0.1, -0.05) is 43.3 Å². The predicted octanol–water partition coefficient (Wildman–Crippen LogP) is 5.88. The van der Waals surface area contributed by atoms with E-state index in [1.54, 1.807) is 0 Å².